The normalized spacial score (nSPS) is 13.8. The SMILES string of the molecule is CC/C=C\C/C=C\C/C=C\C/C=C\C/C=C\C/C=C\CCCCCCCCCCCCCCCCC(=O)NC(CO)C(O)/C=C/CC/C=C/CC/C=C/CCCCCCCCC. The van der Waals surface area contributed by atoms with Gasteiger partial charge in [-0.15, -0.1) is 0 Å². The molecule has 0 aliphatic heterocycles. The summed E-state index contributed by atoms with van der Waals surface area (Å²) in [7, 11) is 0. The van der Waals surface area contributed by atoms with Crippen LogP contribution in [-0.4, -0.2) is 34.9 Å². The van der Waals surface area contributed by atoms with Crippen molar-refractivity contribution in [2.75, 3.05) is 6.61 Å². The molecule has 0 heterocycles. The van der Waals surface area contributed by atoms with Crippen molar-refractivity contribution >= 4 is 5.91 Å². The lowest BCUT2D eigenvalue weighted by molar-refractivity contribution is -0.123. The van der Waals surface area contributed by atoms with Gasteiger partial charge >= 0.3 is 0 Å². The molecule has 1 amide bonds. The summed E-state index contributed by atoms with van der Waals surface area (Å²) < 4.78 is 0. The maximum atomic E-state index is 12.4. The van der Waals surface area contributed by atoms with Gasteiger partial charge in [-0.3, -0.25) is 4.79 Å². The summed E-state index contributed by atoms with van der Waals surface area (Å²) in [6.45, 7) is 4.17. The van der Waals surface area contributed by atoms with Crippen molar-refractivity contribution in [1.29, 1.82) is 0 Å². The first-order valence-corrected chi connectivity index (χ1v) is 26.1. The Kier molecular flexibility index (Phi) is 49.9. The van der Waals surface area contributed by atoms with Gasteiger partial charge in [0.15, 0.2) is 0 Å². The van der Waals surface area contributed by atoms with Crippen LogP contribution >= 0.6 is 0 Å². The Morgan fingerprint density at radius 1 is 0.403 bits per heavy atom. The largest absolute Gasteiger partial charge is 0.394 e. The van der Waals surface area contributed by atoms with Gasteiger partial charge in [-0.1, -0.05) is 239 Å². The third-order valence-corrected chi connectivity index (χ3v) is 11.2. The van der Waals surface area contributed by atoms with Gasteiger partial charge in [0.1, 0.15) is 0 Å². The highest BCUT2D eigenvalue weighted by atomic mass is 16.3. The summed E-state index contributed by atoms with van der Waals surface area (Å²) >= 11 is 0. The van der Waals surface area contributed by atoms with E-state index in [1.165, 1.54) is 135 Å². The smallest absolute Gasteiger partial charge is 0.220 e. The Balaban J connectivity index is 3.59. The highest BCUT2D eigenvalue weighted by Crippen LogP contribution is 2.15. The van der Waals surface area contributed by atoms with Gasteiger partial charge in [0.05, 0.1) is 18.8 Å². The van der Waals surface area contributed by atoms with E-state index in [4.69, 9.17) is 0 Å². The molecule has 3 N–H and O–H groups in total. The van der Waals surface area contributed by atoms with Gasteiger partial charge in [0.25, 0.3) is 0 Å². The zero-order valence-electron chi connectivity index (χ0n) is 40.6. The predicted octanol–water partition coefficient (Wildman–Crippen LogP) is 17.1. The Hall–Kier alpha value is -2.95. The average Bonchev–Trinajstić information content (AvgIpc) is 3.28. The van der Waals surface area contributed by atoms with Gasteiger partial charge in [-0.2, -0.15) is 0 Å². The minimum Gasteiger partial charge on any atom is -0.394 e. The zero-order chi connectivity index (χ0) is 44.9. The molecule has 0 aromatic rings. The van der Waals surface area contributed by atoms with Crippen molar-refractivity contribution < 1.29 is 15.0 Å². The molecule has 0 aliphatic carbocycles. The molecule has 0 saturated heterocycles. The number of rotatable bonds is 46. The van der Waals surface area contributed by atoms with Crippen LogP contribution in [0, 0.1) is 0 Å². The summed E-state index contributed by atoms with van der Waals surface area (Å²) in [4.78, 5) is 12.4. The molecule has 0 saturated carbocycles. The van der Waals surface area contributed by atoms with Crippen LogP contribution in [0.3, 0.4) is 0 Å². The maximum absolute atomic E-state index is 12.4. The van der Waals surface area contributed by atoms with Crippen molar-refractivity contribution in [3.05, 3.63) is 109 Å². The zero-order valence-corrected chi connectivity index (χ0v) is 40.6. The number of aliphatic hydroxyl groups is 2. The predicted molar refractivity (Wildman–Crippen MR) is 276 cm³/mol. The van der Waals surface area contributed by atoms with Gasteiger partial charge in [-0.05, 0) is 96.3 Å². The minimum atomic E-state index is -0.876. The lowest BCUT2D eigenvalue weighted by atomic mass is 10.0. The Morgan fingerprint density at radius 2 is 0.726 bits per heavy atom. The molecule has 0 fully saturated rings. The standard InChI is InChI=1S/C58H99NO3/c1-3-5-7-9-11-13-15-17-19-21-22-23-24-25-26-27-28-29-30-31-32-33-34-35-36-38-40-42-44-46-48-50-52-54-58(62)59-56(55-60)57(61)53-51-49-47-45-43-41-39-37-20-18-16-14-12-10-8-6-4-2/h5,7,11,13,17,19-20,22-23,25-26,28-29,37,43,45,51,53,56-57,60-61H,3-4,6,8-10,12,14-16,18,21,24,27,30-36,38-42,44,46-50,52,54-55H2,1-2H3,(H,59,62)/b7-5-,13-11-,19-17-,23-22-,26-25-,29-28-,37-20+,45-43+,53-51+. The quantitative estimate of drug-likeness (QED) is 0.0422. The monoisotopic (exact) mass is 858 g/mol. The van der Waals surface area contributed by atoms with Crippen molar-refractivity contribution in [1.82, 2.24) is 5.32 Å². The number of hydrogen-bond acceptors (Lipinski definition) is 3. The van der Waals surface area contributed by atoms with E-state index in [0.717, 1.165) is 77.0 Å². The number of carbonyl (C=O) groups is 1. The minimum absolute atomic E-state index is 0.0826. The number of allylic oxidation sites excluding steroid dienone is 17. The average molecular weight is 858 g/mol. The molecule has 0 aliphatic rings. The number of unbranched alkanes of at least 4 members (excludes halogenated alkanes) is 23. The second kappa shape index (κ2) is 52.4. The van der Waals surface area contributed by atoms with E-state index in [0.29, 0.717) is 6.42 Å². The van der Waals surface area contributed by atoms with E-state index >= 15 is 0 Å². The highest BCUT2D eigenvalue weighted by Gasteiger charge is 2.17. The van der Waals surface area contributed by atoms with Crippen LogP contribution in [0.15, 0.2) is 109 Å². The van der Waals surface area contributed by atoms with Crippen molar-refractivity contribution in [3.8, 4) is 0 Å². The first kappa shape index (κ1) is 59.1. The van der Waals surface area contributed by atoms with E-state index in [2.05, 4.69) is 116 Å². The molecule has 2 unspecified atom stereocenters. The van der Waals surface area contributed by atoms with Gasteiger partial charge in [-0.25, -0.2) is 0 Å². The van der Waals surface area contributed by atoms with Gasteiger partial charge in [0.2, 0.25) is 5.91 Å². The Morgan fingerprint density at radius 3 is 1.13 bits per heavy atom. The molecule has 0 aromatic heterocycles. The first-order valence-electron chi connectivity index (χ1n) is 26.1. The van der Waals surface area contributed by atoms with E-state index in [9.17, 15) is 15.0 Å². The Labute approximate surface area is 385 Å². The molecular formula is C58H99NO3. The topological polar surface area (TPSA) is 69.6 Å². The van der Waals surface area contributed by atoms with Gasteiger partial charge in [0, 0.05) is 6.42 Å². The van der Waals surface area contributed by atoms with Crippen LogP contribution in [0.1, 0.15) is 232 Å². The van der Waals surface area contributed by atoms with Crippen LogP contribution < -0.4 is 5.32 Å². The van der Waals surface area contributed by atoms with Crippen LogP contribution in [0.5, 0.6) is 0 Å². The number of nitrogens with one attached hydrogen (secondary N) is 1. The van der Waals surface area contributed by atoms with E-state index in [1.54, 1.807) is 6.08 Å². The third-order valence-electron chi connectivity index (χ3n) is 11.2. The fraction of sp³-hybridized carbons (Fsp3) is 0.672. The summed E-state index contributed by atoms with van der Waals surface area (Å²) in [5.41, 5.74) is 0. The van der Waals surface area contributed by atoms with Gasteiger partial charge < -0.3 is 15.5 Å². The number of hydrogen-bond donors (Lipinski definition) is 3. The number of carbonyl (C=O) groups excluding carboxylic acids is 1. The molecule has 0 radical (unpaired) electrons. The van der Waals surface area contributed by atoms with Crippen LogP contribution in [0.25, 0.3) is 0 Å². The fourth-order valence-electron chi connectivity index (χ4n) is 7.27. The molecule has 62 heavy (non-hydrogen) atoms. The van der Waals surface area contributed by atoms with Crippen LogP contribution in [-0.2, 0) is 4.79 Å². The fourth-order valence-corrected chi connectivity index (χ4v) is 7.27. The summed E-state index contributed by atoms with van der Waals surface area (Å²) in [5, 5.41) is 23.1. The molecule has 354 valence electrons. The summed E-state index contributed by atoms with van der Waals surface area (Å²) in [5.74, 6) is -0.0826. The number of aliphatic hydroxyl groups excluding tert-OH is 2. The first-order chi connectivity index (χ1) is 30.7. The molecule has 0 spiro atoms. The van der Waals surface area contributed by atoms with E-state index in [1.807, 2.05) is 6.08 Å². The van der Waals surface area contributed by atoms with E-state index < -0.39 is 12.1 Å². The number of amides is 1. The van der Waals surface area contributed by atoms with Crippen molar-refractivity contribution in [3.63, 3.8) is 0 Å². The second-order valence-corrected chi connectivity index (χ2v) is 17.2. The summed E-state index contributed by atoms with van der Waals surface area (Å²) in [6.07, 6.45) is 79.4. The van der Waals surface area contributed by atoms with Crippen LogP contribution in [0.2, 0.25) is 0 Å². The third kappa shape index (κ3) is 48.1. The van der Waals surface area contributed by atoms with Crippen molar-refractivity contribution in [2.45, 2.75) is 244 Å². The molecule has 0 bridgehead atoms. The molecular weight excluding hydrogens is 759 g/mol. The molecule has 4 nitrogen and oxygen atoms in total. The lowest BCUT2D eigenvalue weighted by Crippen LogP contribution is -2.45. The van der Waals surface area contributed by atoms with E-state index in [-0.39, 0.29) is 12.5 Å². The van der Waals surface area contributed by atoms with Crippen LogP contribution in [0.4, 0.5) is 0 Å². The second-order valence-electron chi connectivity index (χ2n) is 17.2. The van der Waals surface area contributed by atoms with Crippen molar-refractivity contribution in [2.24, 2.45) is 0 Å². The maximum Gasteiger partial charge on any atom is 0.220 e. The Bertz CT molecular complexity index is 1200. The molecule has 0 rings (SSSR count). The molecule has 0 aromatic carbocycles. The molecule has 4 heteroatoms. The highest BCUT2D eigenvalue weighted by molar-refractivity contribution is 5.76. The summed E-state index contributed by atoms with van der Waals surface area (Å²) in [6, 6.07) is -0.652. The molecule has 2 atom stereocenters. The lowest BCUT2D eigenvalue weighted by Gasteiger charge is -2.19.